The van der Waals surface area contributed by atoms with Crippen molar-refractivity contribution in [1.82, 2.24) is 14.5 Å². The van der Waals surface area contributed by atoms with Crippen LogP contribution in [0.4, 0.5) is 0 Å². The van der Waals surface area contributed by atoms with E-state index in [4.69, 9.17) is 12.2 Å². The number of aromatic amines is 1. The Kier molecular flexibility index (Phi) is 4.82. The van der Waals surface area contributed by atoms with E-state index in [9.17, 15) is 9.59 Å². The van der Waals surface area contributed by atoms with Crippen LogP contribution in [-0.2, 0) is 6.54 Å². The summed E-state index contributed by atoms with van der Waals surface area (Å²) >= 11 is 5.29. The lowest BCUT2D eigenvalue weighted by Gasteiger charge is -2.30. The molecule has 3 rings (SSSR count). The smallest absolute Gasteiger partial charge is 0.262 e. The molecule has 2 heterocycles. The van der Waals surface area contributed by atoms with E-state index in [2.05, 4.69) is 12.0 Å². The number of benzene rings is 1. The number of likely N-dealkylation sites (N-methyl/N-ethyl adjacent to an activating group) is 1. The Morgan fingerprint density at radius 1 is 1.33 bits per heavy atom. The molecule has 24 heavy (non-hydrogen) atoms. The van der Waals surface area contributed by atoms with Crippen molar-refractivity contribution in [3.8, 4) is 0 Å². The van der Waals surface area contributed by atoms with Gasteiger partial charge in [-0.1, -0.05) is 6.92 Å². The van der Waals surface area contributed by atoms with Crippen LogP contribution in [0.3, 0.4) is 0 Å². The molecule has 0 bridgehead atoms. The van der Waals surface area contributed by atoms with E-state index in [1.54, 1.807) is 22.8 Å². The zero-order valence-electron chi connectivity index (χ0n) is 14.1. The predicted octanol–water partition coefficient (Wildman–Crippen LogP) is 0.440. The van der Waals surface area contributed by atoms with Gasteiger partial charge < -0.3 is 14.8 Å². The molecule has 0 unspecified atom stereocenters. The van der Waals surface area contributed by atoms with Crippen molar-refractivity contribution >= 4 is 29.0 Å². The molecule has 1 amide bonds. The largest absolute Gasteiger partial charge is 0.334 e. The summed E-state index contributed by atoms with van der Waals surface area (Å²) in [6.45, 7) is 6.04. The van der Waals surface area contributed by atoms with Crippen molar-refractivity contribution in [2.24, 2.45) is 0 Å². The van der Waals surface area contributed by atoms with Crippen molar-refractivity contribution in [3.63, 3.8) is 0 Å². The van der Waals surface area contributed by atoms with Crippen molar-refractivity contribution in [2.75, 3.05) is 33.2 Å². The number of nitrogens with one attached hydrogen (secondary N) is 2. The Morgan fingerprint density at radius 3 is 2.71 bits per heavy atom. The van der Waals surface area contributed by atoms with Crippen LogP contribution in [-0.4, -0.2) is 53.6 Å². The van der Waals surface area contributed by atoms with Crippen LogP contribution < -0.4 is 10.5 Å². The summed E-state index contributed by atoms with van der Waals surface area (Å²) in [5.41, 5.74) is 1.13. The maximum absolute atomic E-state index is 12.7. The summed E-state index contributed by atoms with van der Waals surface area (Å²) in [7, 11) is 2.14. The van der Waals surface area contributed by atoms with Crippen molar-refractivity contribution in [1.29, 1.82) is 0 Å². The first-order chi connectivity index (χ1) is 11.5. The number of hydrogen-bond donors (Lipinski definition) is 2. The van der Waals surface area contributed by atoms with Gasteiger partial charge in [-0.05, 0) is 36.8 Å². The van der Waals surface area contributed by atoms with Gasteiger partial charge in [0.1, 0.15) is 0 Å². The van der Waals surface area contributed by atoms with Crippen LogP contribution in [0.1, 0.15) is 23.7 Å². The lowest BCUT2D eigenvalue weighted by molar-refractivity contribution is -0.883. The number of amides is 1. The Hall–Kier alpha value is -1.99. The molecule has 1 aliphatic rings. The first-order valence-electron chi connectivity index (χ1n) is 8.38. The van der Waals surface area contributed by atoms with E-state index in [1.807, 2.05) is 11.8 Å². The van der Waals surface area contributed by atoms with Gasteiger partial charge in [0, 0.05) is 12.1 Å². The average molecular weight is 347 g/mol. The summed E-state index contributed by atoms with van der Waals surface area (Å²) < 4.78 is 1.98. The van der Waals surface area contributed by atoms with E-state index < -0.39 is 0 Å². The summed E-state index contributed by atoms with van der Waals surface area (Å²) in [6.07, 6.45) is 0.838. The number of nitrogens with zero attached hydrogens (tertiary/aromatic N) is 2. The predicted molar refractivity (Wildman–Crippen MR) is 96.2 cm³/mol. The van der Waals surface area contributed by atoms with Crippen LogP contribution >= 0.6 is 12.2 Å². The van der Waals surface area contributed by atoms with E-state index in [-0.39, 0.29) is 11.5 Å². The molecule has 1 aliphatic heterocycles. The summed E-state index contributed by atoms with van der Waals surface area (Å²) in [4.78, 5) is 31.6. The van der Waals surface area contributed by atoms with E-state index in [0.29, 0.717) is 27.8 Å². The molecule has 6 nitrogen and oxygen atoms in total. The average Bonchev–Trinajstić information content (AvgIpc) is 2.58. The number of H-pyrrole nitrogens is 1. The van der Waals surface area contributed by atoms with Gasteiger partial charge in [0.2, 0.25) is 0 Å². The molecule has 2 N–H and O–H groups in total. The maximum Gasteiger partial charge on any atom is 0.262 e. The van der Waals surface area contributed by atoms with Crippen LogP contribution in [0.25, 0.3) is 10.9 Å². The minimum atomic E-state index is -0.0993. The van der Waals surface area contributed by atoms with E-state index in [1.165, 1.54) is 4.90 Å². The lowest BCUT2D eigenvalue weighted by atomic mass is 10.1. The van der Waals surface area contributed by atoms with Gasteiger partial charge >= 0.3 is 0 Å². The number of fused-ring (bicyclic) bond motifs is 1. The molecule has 2 aromatic rings. The molecule has 0 atom stereocenters. The van der Waals surface area contributed by atoms with Gasteiger partial charge in [0.25, 0.3) is 11.5 Å². The molecule has 7 heteroatoms. The minimum absolute atomic E-state index is 0.0152. The van der Waals surface area contributed by atoms with Crippen LogP contribution in [0.15, 0.2) is 23.0 Å². The zero-order valence-corrected chi connectivity index (χ0v) is 14.9. The second-order valence-electron chi connectivity index (χ2n) is 6.40. The van der Waals surface area contributed by atoms with E-state index >= 15 is 0 Å². The fourth-order valence-corrected chi connectivity index (χ4v) is 3.37. The zero-order chi connectivity index (χ0) is 17.3. The molecule has 0 saturated carbocycles. The molecule has 0 radical (unpaired) electrons. The highest BCUT2D eigenvalue weighted by Gasteiger charge is 2.22. The van der Waals surface area contributed by atoms with Gasteiger partial charge in [-0.2, -0.15) is 0 Å². The molecule has 0 aliphatic carbocycles. The fourth-order valence-electron chi connectivity index (χ4n) is 3.09. The van der Waals surface area contributed by atoms with Gasteiger partial charge in [-0.15, -0.1) is 0 Å². The Morgan fingerprint density at radius 2 is 2.04 bits per heavy atom. The number of carbonyl (C=O) groups is 1. The number of quaternary nitrogens is 1. The Bertz CT molecular complexity index is 878. The van der Waals surface area contributed by atoms with Crippen LogP contribution in [0.2, 0.25) is 0 Å². The fraction of sp³-hybridized carbons (Fsp3) is 0.471. The monoisotopic (exact) mass is 347 g/mol. The maximum atomic E-state index is 12.7. The minimum Gasteiger partial charge on any atom is -0.334 e. The molecular weight excluding hydrogens is 324 g/mol. The third kappa shape index (κ3) is 3.14. The Balaban J connectivity index is 1.97. The number of hydrogen-bond acceptors (Lipinski definition) is 3. The second kappa shape index (κ2) is 6.86. The summed E-state index contributed by atoms with van der Waals surface area (Å²) in [5.74, 6) is 0.0152. The topological polar surface area (TPSA) is 62.5 Å². The SMILES string of the molecule is CCCn1c(=S)[nH]c2cc(C(=O)N3CC[NH+](C)CC3)ccc2c1=O. The number of aromatic nitrogens is 2. The number of carbonyl (C=O) groups excluding carboxylic acids is 1. The highest BCUT2D eigenvalue weighted by molar-refractivity contribution is 7.71. The van der Waals surface area contributed by atoms with Crippen molar-refractivity contribution in [3.05, 3.63) is 38.9 Å². The molecule has 128 valence electrons. The van der Waals surface area contributed by atoms with Gasteiger partial charge in [-0.3, -0.25) is 14.2 Å². The Labute approximate surface area is 145 Å². The van der Waals surface area contributed by atoms with E-state index in [0.717, 1.165) is 32.6 Å². The molecule has 0 spiro atoms. The summed E-state index contributed by atoms with van der Waals surface area (Å²) in [5, 5.41) is 0.566. The van der Waals surface area contributed by atoms with Crippen LogP contribution in [0, 0.1) is 4.77 Å². The molecule has 1 fully saturated rings. The standard InChI is InChI=1S/C17H22N4O2S/c1-3-6-21-16(23)13-5-4-12(11-14(13)18-17(21)24)15(22)20-9-7-19(2)8-10-20/h4-5,11H,3,6-10H2,1-2H3,(H,18,24)/p+1. The number of rotatable bonds is 3. The highest BCUT2D eigenvalue weighted by atomic mass is 32.1. The second-order valence-corrected chi connectivity index (χ2v) is 6.78. The van der Waals surface area contributed by atoms with Crippen molar-refractivity contribution in [2.45, 2.75) is 19.9 Å². The molecular formula is C17H23N4O2S+. The quantitative estimate of drug-likeness (QED) is 0.792. The van der Waals surface area contributed by atoms with Gasteiger partial charge in [0.15, 0.2) is 4.77 Å². The third-order valence-corrected chi connectivity index (χ3v) is 4.90. The highest BCUT2D eigenvalue weighted by Crippen LogP contribution is 2.13. The first-order valence-corrected chi connectivity index (χ1v) is 8.79. The lowest BCUT2D eigenvalue weighted by Crippen LogP contribution is -3.12. The van der Waals surface area contributed by atoms with Crippen molar-refractivity contribution < 1.29 is 9.69 Å². The van der Waals surface area contributed by atoms with Gasteiger partial charge in [-0.25, -0.2) is 0 Å². The number of piperazine rings is 1. The van der Waals surface area contributed by atoms with Gasteiger partial charge in [0.05, 0.1) is 44.1 Å². The molecule has 1 saturated heterocycles. The molecule has 1 aromatic heterocycles. The third-order valence-electron chi connectivity index (χ3n) is 4.58. The summed E-state index contributed by atoms with van der Waals surface area (Å²) in [6, 6.07) is 5.21. The van der Waals surface area contributed by atoms with Crippen LogP contribution in [0.5, 0.6) is 0 Å². The normalized spacial score (nSPS) is 15.8. The first kappa shape index (κ1) is 16.9. The molecule has 1 aromatic carbocycles.